The maximum atomic E-state index is 13.0. The number of ketones is 1. The normalized spacial score (nSPS) is 14.6. The molecule has 0 aromatic heterocycles. The van der Waals surface area contributed by atoms with Gasteiger partial charge in [0.2, 0.25) is 13.6 Å². The minimum atomic E-state index is -1.29. The smallest absolute Gasteiger partial charge is 0.371 e. The van der Waals surface area contributed by atoms with E-state index >= 15 is 0 Å². The molecular formula is C24H37NO12S2. The predicted molar refractivity (Wildman–Crippen MR) is 141 cm³/mol. The number of unbranched alkanes of at least 4 members (excludes halogenated alkanes) is 1. The summed E-state index contributed by atoms with van der Waals surface area (Å²) in [4.78, 5) is 73.7. The van der Waals surface area contributed by atoms with E-state index in [2.05, 4.69) is 14.4 Å². The third-order valence-corrected chi connectivity index (χ3v) is 7.22. The fourth-order valence-corrected chi connectivity index (χ4v) is 4.50. The predicted octanol–water partition coefficient (Wildman–Crippen LogP) is 2.78. The molecule has 0 aromatic rings. The molecule has 0 radical (unpaired) electrons. The van der Waals surface area contributed by atoms with Crippen molar-refractivity contribution in [1.82, 2.24) is 4.90 Å². The van der Waals surface area contributed by atoms with Gasteiger partial charge in [0.15, 0.2) is 0 Å². The summed E-state index contributed by atoms with van der Waals surface area (Å²) in [6.07, 6.45) is 1.12. The summed E-state index contributed by atoms with van der Waals surface area (Å²) < 4.78 is 28.0. The first kappa shape index (κ1) is 34.7. The van der Waals surface area contributed by atoms with E-state index in [1.165, 1.54) is 13.8 Å². The number of hydrogen-bond acceptors (Lipinski definition) is 15. The maximum absolute atomic E-state index is 13.0. The van der Waals surface area contributed by atoms with Crippen LogP contribution in [-0.2, 0) is 47.6 Å². The first-order chi connectivity index (χ1) is 18.4. The lowest BCUT2D eigenvalue weighted by atomic mass is 9.97. The Bertz CT molecular complexity index is 845. The van der Waals surface area contributed by atoms with Gasteiger partial charge in [-0.15, -0.1) is 0 Å². The molecule has 0 bridgehead atoms. The number of rotatable bonds is 16. The number of ether oxygens (including phenoxy) is 6. The average Bonchev–Trinajstić information content (AvgIpc) is 2.85. The average molecular weight is 596 g/mol. The molecule has 1 rings (SSSR count). The number of carbonyl (C=O) groups excluding carboxylic acids is 6. The van der Waals surface area contributed by atoms with Gasteiger partial charge in [-0.2, -0.15) is 0 Å². The summed E-state index contributed by atoms with van der Waals surface area (Å²) in [5.41, 5.74) is 0. The van der Waals surface area contributed by atoms with E-state index in [1.54, 1.807) is 0 Å². The summed E-state index contributed by atoms with van der Waals surface area (Å²) in [6, 6.07) is 0. The van der Waals surface area contributed by atoms with Gasteiger partial charge < -0.3 is 28.4 Å². The monoisotopic (exact) mass is 595 g/mol. The number of Topliss-reactive ketones (excluding diaryl/α,β-unsaturated/α-hetero) is 1. The molecule has 15 heteroatoms. The van der Waals surface area contributed by atoms with Crippen molar-refractivity contribution in [3.63, 3.8) is 0 Å². The molecule has 1 atom stereocenters. The molecule has 1 heterocycles. The lowest BCUT2D eigenvalue weighted by molar-refractivity contribution is -0.149. The van der Waals surface area contributed by atoms with Gasteiger partial charge in [-0.1, -0.05) is 0 Å². The van der Waals surface area contributed by atoms with E-state index in [1.807, 2.05) is 0 Å². The summed E-state index contributed by atoms with van der Waals surface area (Å²) in [5, 5.41) is -1.63. The van der Waals surface area contributed by atoms with Crippen LogP contribution in [0.4, 0.5) is 9.59 Å². The maximum Gasteiger partial charge on any atom is 0.371 e. The largest absolute Gasteiger partial charge is 0.465 e. The Kier molecular flexibility index (Phi) is 16.7. The minimum absolute atomic E-state index is 0.130. The molecule has 222 valence electrons. The van der Waals surface area contributed by atoms with Gasteiger partial charge in [0.05, 0.1) is 30.5 Å². The first-order valence-electron chi connectivity index (χ1n) is 12.3. The van der Waals surface area contributed by atoms with Gasteiger partial charge in [0.1, 0.15) is 5.78 Å². The van der Waals surface area contributed by atoms with Crippen LogP contribution in [-0.4, -0.2) is 103 Å². The van der Waals surface area contributed by atoms with Gasteiger partial charge in [-0.05, 0) is 56.8 Å². The molecule has 13 nitrogen and oxygen atoms in total. The van der Waals surface area contributed by atoms with Gasteiger partial charge in [0.25, 0.3) is 0 Å². The molecule has 0 amide bonds. The molecule has 0 aromatic carbocycles. The Morgan fingerprint density at radius 3 is 2.03 bits per heavy atom. The van der Waals surface area contributed by atoms with Crippen molar-refractivity contribution in [2.45, 2.75) is 51.7 Å². The van der Waals surface area contributed by atoms with E-state index in [4.69, 9.17) is 18.9 Å². The first-order valence-corrected chi connectivity index (χ1v) is 14.1. The summed E-state index contributed by atoms with van der Waals surface area (Å²) in [5.74, 6) is -3.50. The zero-order valence-corrected chi connectivity index (χ0v) is 24.4. The number of morpholine rings is 1. The molecule has 1 aliphatic heterocycles. The van der Waals surface area contributed by atoms with Crippen LogP contribution in [0.5, 0.6) is 0 Å². The third-order valence-electron chi connectivity index (χ3n) is 5.27. The molecular weight excluding hydrogens is 558 g/mol. The number of nitrogens with zero attached hydrogens (tertiary/aromatic N) is 1. The molecule has 0 unspecified atom stereocenters. The molecule has 39 heavy (non-hydrogen) atoms. The van der Waals surface area contributed by atoms with E-state index in [0.29, 0.717) is 43.2 Å². The van der Waals surface area contributed by atoms with Crippen LogP contribution in [0.1, 0.15) is 47.0 Å². The second kappa shape index (κ2) is 18.8. The Balaban J connectivity index is 2.64. The fourth-order valence-electron chi connectivity index (χ4n) is 3.06. The number of hydrogen-bond donors (Lipinski definition) is 0. The highest BCUT2D eigenvalue weighted by Gasteiger charge is 2.36. The highest BCUT2D eigenvalue weighted by Crippen LogP contribution is 2.31. The quantitative estimate of drug-likeness (QED) is 0.111. The highest BCUT2D eigenvalue weighted by molar-refractivity contribution is 8.15. The van der Waals surface area contributed by atoms with Gasteiger partial charge >= 0.3 is 28.5 Å². The summed E-state index contributed by atoms with van der Waals surface area (Å²) in [6.45, 7) is 8.25. The van der Waals surface area contributed by atoms with Gasteiger partial charge in [-0.3, -0.25) is 24.1 Å². The fraction of sp³-hybridized carbons (Fsp3) is 0.750. The molecule has 0 saturated carbocycles. The molecule has 0 aliphatic carbocycles. The van der Waals surface area contributed by atoms with Crippen molar-refractivity contribution >= 4 is 57.8 Å². The van der Waals surface area contributed by atoms with Crippen molar-refractivity contribution in [2.75, 3.05) is 58.8 Å². The SMILES string of the molecule is CC(=O)OCOC(=O)SC[C@H](CC(=O)C(C)(C)SC(=O)OCOC(C)=O)C(=O)OCCCCN1CCOCC1. The van der Waals surface area contributed by atoms with Gasteiger partial charge in [0, 0.05) is 39.1 Å². The molecule has 1 saturated heterocycles. The van der Waals surface area contributed by atoms with Gasteiger partial charge in [-0.25, -0.2) is 9.59 Å². The molecule has 0 spiro atoms. The van der Waals surface area contributed by atoms with Crippen molar-refractivity contribution in [2.24, 2.45) is 5.92 Å². The van der Waals surface area contributed by atoms with Crippen LogP contribution in [0.2, 0.25) is 0 Å². The highest BCUT2D eigenvalue weighted by atomic mass is 32.2. The third kappa shape index (κ3) is 16.4. The molecule has 1 fully saturated rings. The van der Waals surface area contributed by atoms with E-state index < -0.39 is 58.5 Å². The van der Waals surface area contributed by atoms with E-state index in [9.17, 15) is 28.8 Å². The van der Waals surface area contributed by atoms with E-state index in [0.717, 1.165) is 39.9 Å². The lowest BCUT2D eigenvalue weighted by Crippen LogP contribution is -2.37. The standard InChI is InChI=1S/C24H37NO12S2/c1-17(26)34-15-36-22(30)38-14-19(21(29)33-10-6-5-7-25-8-11-32-12-9-25)13-20(28)24(3,4)39-23(31)37-16-35-18(2)27/h19H,5-16H2,1-4H3/t19-/m0/s1. The minimum Gasteiger partial charge on any atom is -0.465 e. The van der Waals surface area contributed by atoms with Crippen LogP contribution in [0.15, 0.2) is 0 Å². The van der Waals surface area contributed by atoms with Crippen LogP contribution in [0.25, 0.3) is 0 Å². The van der Waals surface area contributed by atoms with Crippen molar-refractivity contribution < 1.29 is 57.2 Å². The second-order valence-corrected chi connectivity index (χ2v) is 11.4. The number of carbonyl (C=O) groups is 6. The van der Waals surface area contributed by atoms with Crippen molar-refractivity contribution in [3.8, 4) is 0 Å². The molecule has 0 N–H and O–H groups in total. The van der Waals surface area contributed by atoms with Crippen molar-refractivity contribution in [1.29, 1.82) is 0 Å². The van der Waals surface area contributed by atoms with Crippen LogP contribution in [0.3, 0.4) is 0 Å². The topological polar surface area (TPSA) is 161 Å². The van der Waals surface area contributed by atoms with Crippen molar-refractivity contribution in [3.05, 3.63) is 0 Å². The zero-order valence-electron chi connectivity index (χ0n) is 22.7. The Morgan fingerprint density at radius 1 is 0.846 bits per heavy atom. The van der Waals surface area contributed by atoms with Crippen LogP contribution in [0, 0.1) is 5.92 Å². The Labute approximate surface area is 236 Å². The van der Waals surface area contributed by atoms with E-state index in [-0.39, 0.29) is 18.8 Å². The number of thioether (sulfide) groups is 2. The Hall–Kier alpha value is -2.36. The van der Waals surface area contributed by atoms with Crippen LogP contribution < -0.4 is 0 Å². The lowest BCUT2D eigenvalue weighted by Gasteiger charge is -2.26. The summed E-state index contributed by atoms with van der Waals surface area (Å²) >= 11 is 1.21. The Morgan fingerprint density at radius 2 is 1.44 bits per heavy atom. The molecule has 1 aliphatic rings. The second-order valence-electron chi connectivity index (χ2n) is 8.87. The van der Waals surface area contributed by atoms with Crippen LogP contribution >= 0.6 is 23.5 Å². The zero-order chi connectivity index (χ0) is 29.3. The number of esters is 3. The summed E-state index contributed by atoms with van der Waals surface area (Å²) in [7, 11) is 0.